The molecule has 0 radical (unpaired) electrons. The molecule has 1 heterocycles. The first-order valence-electron chi connectivity index (χ1n) is 32.2. The molecule has 9 rings (SSSR count). The van der Waals surface area contributed by atoms with Gasteiger partial charge in [-0.25, -0.2) is 0 Å². The van der Waals surface area contributed by atoms with Crippen molar-refractivity contribution in [1.82, 2.24) is 40.9 Å². The molecule has 4 aromatic carbocycles. The Hall–Kier alpha value is -7.44. The second kappa shape index (κ2) is 31.6. The maximum atomic E-state index is 14.9. The highest BCUT2D eigenvalue weighted by Gasteiger charge is 2.42. The fourth-order valence-electron chi connectivity index (χ4n) is 14.1. The Balaban J connectivity index is 0.999. The number of amides is 8. The van der Waals surface area contributed by atoms with Crippen molar-refractivity contribution in [2.24, 2.45) is 23.7 Å². The normalized spacial score (nSPS) is 28.8. The Morgan fingerprint density at radius 2 is 0.568 bits per heavy atom. The number of nitrogens with one attached hydrogen (secondary N) is 4. The molecular formula is C70H92N8O10. The molecule has 0 aromatic heterocycles. The molecule has 1 saturated heterocycles. The van der Waals surface area contributed by atoms with Crippen LogP contribution in [0.15, 0.2) is 121 Å². The predicted molar refractivity (Wildman–Crippen MR) is 334 cm³/mol. The van der Waals surface area contributed by atoms with E-state index in [0.717, 1.165) is 22.3 Å². The van der Waals surface area contributed by atoms with Gasteiger partial charge in [0.25, 0.3) is 0 Å². The second-order valence-electron chi connectivity index (χ2n) is 25.5. The van der Waals surface area contributed by atoms with Crippen LogP contribution in [0.4, 0.5) is 0 Å². The quantitative estimate of drug-likeness (QED) is 0.115. The molecule has 0 spiro atoms. The largest absolute Gasteiger partial charge is 0.374 e. The fraction of sp³-hybridized carbons (Fsp3) is 0.543. The molecule has 4 saturated carbocycles. The van der Waals surface area contributed by atoms with E-state index < -0.39 is 47.8 Å². The Morgan fingerprint density at radius 1 is 0.330 bits per heavy atom. The molecule has 0 unspecified atom stereocenters. The highest BCUT2D eigenvalue weighted by Crippen LogP contribution is 2.33. The average molecular weight is 1210 g/mol. The zero-order valence-electron chi connectivity index (χ0n) is 51.9. The summed E-state index contributed by atoms with van der Waals surface area (Å²) in [7, 11) is 6.91. The molecule has 8 amide bonds. The number of hydrogen-bond acceptors (Lipinski definition) is 10. The van der Waals surface area contributed by atoms with Crippen LogP contribution in [0.1, 0.15) is 125 Å². The molecule has 1 aliphatic heterocycles. The first-order chi connectivity index (χ1) is 42.6. The molecule has 8 bridgehead atoms. The number of likely N-dealkylation sites (N-methyl/N-ethyl adjacent to an activating group) is 4. The van der Waals surface area contributed by atoms with Crippen LogP contribution >= 0.6 is 0 Å². The molecule has 18 nitrogen and oxygen atoms in total. The van der Waals surface area contributed by atoms with Gasteiger partial charge in [-0.15, -0.1) is 0 Å². The lowest BCUT2D eigenvalue weighted by Gasteiger charge is -2.39. The maximum Gasteiger partial charge on any atom is 0.247 e. The first kappa shape index (κ1) is 65.0. The first-order valence-corrected chi connectivity index (χ1v) is 32.2. The van der Waals surface area contributed by atoms with Crippen molar-refractivity contribution in [3.05, 3.63) is 144 Å². The van der Waals surface area contributed by atoms with E-state index in [9.17, 15) is 38.4 Å². The van der Waals surface area contributed by atoms with Crippen LogP contribution in [0.25, 0.3) is 0 Å². The molecule has 5 fully saturated rings. The molecule has 4 aliphatic carbocycles. The topological polar surface area (TPSA) is 216 Å². The van der Waals surface area contributed by atoms with Gasteiger partial charge in [-0.3, -0.25) is 38.4 Å². The number of hydrogen-bond donors (Lipinski definition) is 4. The summed E-state index contributed by atoms with van der Waals surface area (Å²) < 4.78 is 12.4. The lowest BCUT2D eigenvalue weighted by atomic mass is 9.83. The fourth-order valence-corrected chi connectivity index (χ4v) is 14.1. The maximum absolute atomic E-state index is 14.9. The van der Waals surface area contributed by atoms with Crippen molar-refractivity contribution in [2.75, 3.05) is 41.4 Å². The van der Waals surface area contributed by atoms with Gasteiger partial charge in [-0.1, -0.05) is 147 Å². The minimum atomic E-state index is -1.05. The van der Waals surface area contributed by atoms with Gasteiger partial charge in [0.1, 0.15) is 24.2 Å². The van der Waals surface area contributed by atoms with Gasteiger partial charge in [0.2, 0.25) is 47.3 Å². The lowest BCUT2D eigenvalue weighted by molar-refractivity contribution is -0.143. The number of benzene rings is 4. The van der Waals surface area contributed by atoms with E-state index in [1.807, 2.05) is 121 Å². The van der Waals surface area contributed by atoms with Crippen molar-refractivity contribution in [2.45, 2.75) is 177 Å². The zero-order chi connectivity index (χ0) is 62.1. The minimum absolute atomic E-state index is 0.0991. The van der Waals surface area contributed by atoms with Gasteiger partial charge >= 0.3 is 0 Å². The standard InChI is InChI=1S/C70H92N8O10/c1-75-55-33-19-31-53(41-55)65(81)73-61(45-87-43-49-25-13-7-14-26-49)69(85)78(4)58-36-18-30-52(40-58)64(80)72-60(38-48-23-11-6-12-24-48)68(84)76(2)56-34-20-32-54(42-56)66(82)74-62(46-88-44-50-27-15-8-16-28-50)70(86)77(3)57-35-17-29-51(39-57)63(79)71-59(67(75)83)37-47-21-9-5-10-22-47/h5-16,21-28,51-62H,17-20,29-46H2,1-4H3,(H,71,79)(H,72,80)(H,73,81)(H,74,82)/t51-,52-,53-,54-,55+,56+,57+,58+,59-,60-,61-,62-/m1/s1. The number of ether oxygens (including phenoxy) is 2. The van der Waals surface area contributed by atoms with Gasteiger partial charge in [-0.2, -0.15) is 0 Å². The SMILES string of the molecule is CN1C(=O)[C@@H](COCc2ccccc2)NC(=O)[C@@H]2CCC[C@@H](C2)N(C)C(=O)[C@@H](Cc2ccccc2)NC(=O)[C@@H]2CCC[C@@H](C2)N(C)C(=O)[C@@H](COCc2ccccc2)NC(=O)[C@@H]2CCC[C@@H](C2)N(C)C(=O)[C@@H](Cc2ccccc2)NC(=O)[C@@H]2CCC[C@H]1C2. The van der Waals surface area contributed by atoms with Crippen LogP contribution in [-0.4, -0.2) is 157 Å². The van der Waals surface area contributed by atoms with Crippen LogP contribution < -0.4 is 21.3 Å². The summed E-state index contributed by atoms with van der Waals surface area (Å²) in [4.78, 5) is 125. The Labute approximate surface area is 519 Å². The van der Waals surface area contributed by atoms with Gasteiger partial charge < -0.3 is 50.3 Å². The third-order valence-electron chi connectivity index (χ3n) is 19.5. The van der Waals surface area contributed by atoms with Gasteiger partial charge in [0, 0.05) is 88.9 Å². The zero-order valence-corrected chi connectivity index (χ0v) is 51.9. The van der Waals surface area contributed by atoms with Crippen LogP contribution in [0.2, 0.25) is 0 Å². The highest BCUT2D eigenvalue weighted by atomic mass is 16.5. The minimum Gasteiger partial charge on any atom is -0.374 e. The number of carbonyl (C=O) groups is 8. The third kappa shape index (κ3) is 17.5. The summed E-state index contributed by atoms with van der Waals surface area (Å²) in [6.45, 7) is 0.234. The molecule has 18 heteroatoms. The van der Waals surface area contributed by atoms with Crippen molar-refractivity contribution in [3.63, 3.8) is 0 Å². The van der Waals surface area contributed by atoms with E-state index in [0.29, 0.717) is 103 Å². The lowest BCUT2D eigenvalue weighted by Crippen LogP contribution is -2.57. The molecule has 5 aliphatic rings. The summed E-state index contributed by atoms with van der Waals surface area (Å²) in [6, 6.07) is 32.9. The highest BCUT2D eigenvalue weighted by molar-refractivity contribution is 5.92. The number of rotatable bonds is 12. The predicted octanol–water partition coefficient (Wildman–Crippen LogP) is 6.93. The van der Waals surface area contributed by atoms with Crippen LogP contribution in [0, 0.1) is 23.7 Å². The number of nitrogens with zero attached hydrogens (tertiary/aromatic N) is 4. The summed E-state index contributed by atoms with van der Waals surface area (Å²) in [5.74, 6) is -4.52. The average Bonchev–Trinajstić information content (AvgIpc) is 3.48. The van der Waals surface area contributed by atoms with E-state index in [1.165, 1.54) is 0 Å². The van der Waals surface area contributed by atoms with Crippen LogP contribution in [0.5, 0.6) is 0 Å². The molecule has 88 heavy (non-hydrogen) atoms. The van der Waals surface area contributed by atoms with E-state index >= 15 is 0 Å². The molecule has 4 aromatic rings. The van der Waals surface area contributed by atoms with Gasteiger partial charge in [0.05, 0.1) is 26.4 Å². The van der Waals surface area contributed by atoms with E-state index in [-0.39, 0.29) is 111 Å². The van der Waals surface area contributed by atoms with Crippen LogP contribution in [-0.2, 0) is 73.9 Å². The molecule has 12 atom stereocenters. The second-order valence-corrected chi connectivity index (χ2v) is 25.5. The third-order valence-corrected chi connectivity index (χ3v) is 19.5. The summed E-state index contributed by atoms with van der Waals surface area (Å²) >= 11 is 0. The van der Waals surface area contributed by atoms with Crippen LogP contribution in [0.3, 0.4) is 0 Å². The van der Waals surface area contributed by atoms with Gasteiger partial charge in [0.15, 0.2) is 0 Å². The van der Waals surface area contributed by atoms with Crippen molar-refractivity contribution in [1.29, 1.82) is 0 Å². The molecule has 472 valence electrons. The van der Waals surface area contributed by atoms with Crippen molar-refractivity contribution in [3.8, 4) is 0 Å². The van der Waals surface area contributed by atoms with Crippen molar-refractivity contribution >= 4 is 47.3 Å². The van der Waals surface area contributed by atoms with E-state index in [1.54, 1.807) is 47.8 Å². The molecular weight excluding hydrogens is 1110 g/mol. The summed E-state index contributed by atoms with van der Waals surface area (Å²) in [5, 5.41) is 12.5. The monoisotopic (exact) mass is 1200 g/mol. The van der Waals surface area contributed by atoms with E-state index in [2.05, 4.69) is 21.3 Å². The number of carbonyl (C=O) groups excluding carboxylic acids is 8. The Bertz CT molecular complexity index is 2780. The summed E-state index contributed by atoms with van der Waals surface area (Å²) in [6.07, 6.45) is 9.22. The Kier molecular flexibility index (Phi) is 23.4. The molecule has 4 N–H and O–H groups in total. The summed E-state index contributed by atoms with van der Waals surface area (Å²) in [5.41, 5.74) is 3.55. The number of fused-ring (bicyclic) bond motifs is 8. The van der Waals surface area contributed by atoms with E-state index in [4.69, 9.17) is 9.47 Å². The Morgan fingerprint density at radius 3 is 0.841 bits per heavy atom. The van der Waals surface area contributed by atoms with Gasteiger partial charge in [-0.05, 0) is 99.3 Å². The van der Waals surface area contributed by atoms with Crippen molar-refractivity contribution < 1.29 is 47.8 Å². The smallest absolute Gasteiger partial charge is 0.247 e.